The smallest absolute Gasteiger partial charge is 0.396 e. The van der Waals surface area contributed by atoms with Crippen molar-refractivity contribution >= 4 is 17.5 Å². The van der Waals surface area contributed by atoms with Gasteiger partial charge in [0.05, 0.1) is 12.8 Å². The molecular formula is C9H10N4O3S. The minimum Gasteiger partial charge on any atom is -0.462 e. The number of hydrogen-bond acceptors (Lipinski definition) is 8. The van der Waals surface area contributed by atoms with Crippen molar-refractivity contribution in [1.29, 1.82) is 0 Å². The largest absolute Gasteiger partial charge is 0.462 e. The van der Waals surface area contributed by atoms with Crippen LogP contribution in [0.1, 0.15) is 36.1 Å². The number of nitrogens with zero attached hydrogens (tertiary/aromatic N) is 4. The monoisotopic (exact) mass is 254 g/mol. The molecule has 0 amide bonds. The standard InChI is InChI=1S/C9H10N4O3S/c1-4(2)5-6(17-13-10-5)7-11-12-8(16-7)9(14)15-3/h4H,1-3H3. The van der Waals surface area contributed by atoms with Crippen LogP contribution < -0.4 is 0 Å². The average Bonchev–Trinajstić information content (AvgIpc) is 2.95. The molecule has 2 aromatic rings. The third kappa shape index (κ3) is 2.16. The Morgan fingerprint density at radius 2 is 2.12 bits per heavy atom. The van der Waals surface area contributed by atoms with Crippen LogP contribution in [0.15, 0.2) is 4.42 Å². The molecule has 0 radical (unpaired) electrons. The summed E-state index contributed by atoms with van der Waals surface area (Å²) in [6.07, 6.45) is 0. The van der Waals surface area contributed by atoms with Crippen molar-refractivity contribution in [2.75, 3.05) is 7.11 Å². The minimum atomic E-state index is -0.660. The van der Waals surface area contributed by atoms with Gasteiger partial charge in [-0.1, -0.05) is 18.3 Å². The number of hydrogen-bond donors (Lipinski definition) is 0. The molecule has 0 fully saturated rings. The maximum Gasteiger partial charge on any atom is 0.396 e. The topological polar surface area (TPSA) is 91.0 Å². The highest BCUT2D eigenvalue weighted by Gasteiger charge is 2.21. The fourth-order valence-electron chi connectivity index (χ4n) is 1.21. The van der Waals surface area contributed by atoms with E-state index in [1.807, 2.05) is 13.8 Å². The molecule has 17 heavy (non-hydrogen) atoms. The van der Waals surface area contributed by atoms with E-state index in [-0.39, 0.29) is 17.7 Å². The molecule has 2 rings (SSSR count). The molecule has 0 aliphatic heterocycles. The van der Waals surface area contributed by atoms with Gasteiger partial charge in [0.25, 0.3) is 5.89 Å². The van der Waals surface area contributed by atoms with Crippen LogP contribution in [0.2, 0.25) is 0 Å². The maximum atomic E-state index is 11.2. The van der Waals surface area contributed by atoms with Crippen molar-refractivity contribution in [3.63, 3.8) is 0 Å². The summed E-state index contributed by atoms with van der Waals surface area (Å²) >= 11 is 1.15. The highest BCUT2D eigenvalue weighted by atomic mass is 32.1. The van der Waals surface area contributed by atoms with Crippen LogP contribution in [-0.2, 0) is 4.74 Å². The number of ether oxygens (including phenoxy) is 1. The van der Waals surface area contributed by atoms with Gasteiger partial charge in [0.15, 0.2) is 0 Å². The van der Waals surface area contributed by atoms with Gasteiger partial charge >= 0.3 is 11.9 Å². The maximum absolute atomic E-state index is 11.2. The van der Waals surface area contributed by atoms with Crippen LogP contribution in [0.25, 0.3) is 10.8 Å². The van der Waals surface area contributed by atoms with Gasteiger partial charge in [-0.25, -0.2) is 4.79 Å². The molecule has 2 aromatic heterocycles. The summed E-state index contributed by atoms with van der Waals surface area (Å²) in [5.74, 6) is -0.403. The van der Waals surface area contributed by atoms with E-state index < -0.39 is 5.97 Å². The summed E-state index contributed by atoms with van der Waals surface area (Å²) in [5, 5.41) is 11.4. The van der Waals surface area contributed by atoms with E-state index in [2.05, 4.69) is 24.5 Å². The normalized spacial score (nSPS) is 10.8. The van der Waals surface area contributed by atoms with Crippen molar-refractivity contribution in [3.05, 3.63) is 11.6 Å². The molecule has 0 spiro atoms. The summed E-state index contributed by atoms with van der Waals surface area (Å²) < 4.78 is 13.5. The van der Waals surface area contributed by atoms with Crippen LogP contribution in [0.4, 0.5) is 0 Å². The molecule has 2 heterocycles. The van der Waals surface area contributed by atoms with E-state index in [0.29, 0.717) is 4.88 Å². The molecular weight excluding hydrogens is 244 g/mol. The van der Waals surface area contributed by atoms with Crippen LogP contribution in [0.5, 0.6) is 0 Å². The van der Waals surface area contributed by atoms with E-state index in [1.165, 1.54) is 7.11 Å². The molecule has 0 N–H and O–H groups in total. The first-order chi connectivity index (χ1) is 8.13. The van der Waals surface area contributed by atoms with Crippen LogP contribution in [-0.4, -0.2) is 32.9 Å². The Morgan fingerprint density at radius 1 is 1.35 bits per heavy atom. The third-order valence-corrected chi connectivity index (χ3v) is 2.77. The lowest BCUT2D eigenvalue weighted by atomic mass is 10.1. The lowest BCUT2D eigenvalue weighted by Crippen LogP contribution is -2.00. The number of aromatic nitrogens is 4. The van der Waals surface area contributed by atoms with Gasteiger partial charge in [-0.2, -0.15) is 0 Å². The first kappa shape index (κ1) is 11.6. The van der Waals surface area contributed by atoms with Gasteiger partial charge < -0.3 is 9.15 Å². The minimum absolute atomic E-state index is 0.175. The SMILES string of the molecule is COC(=O)c1nnc(-c2snnc2C(C)C)o1. The van der Waals surface area contributed by atoms with Crippen molar-refractivity contribution in [1.82, 2.24) is 19.8 Å². The quantitative estimate of drug-likeness (QED) is 0.766. The van der Waals surface area contributed by atoms with Crippen molar-refractivity contribution < 1.29 is 13.9 Å². The highest BCUT2D eigenvalue weighted by Crippen LogP contribution is 2.29. The molecule has 0 atom stereocenters. The Labute approximate surface area is 101 Å². The van der Waals surface area contributed by atoms with E-state index in [9.17, 15) is 4.79 Å². The lowest BCUT2D eigenvalue weighted by Gasteiger charge is -1.99. The number of carbonyl (C=O) groups is 1. The van der Waals surface area contributed by atoms with Crippen molar-refractivity contribution in [2.45, 2.75) is 19.8 Å². The Hall–Kier alpha value is -1.83. The van der Waals surface area contributed by atoms with Gasteiger partial charge in [0.1, 0.15) is 4.88 Å². The van der Waals surface area contributed by atoms with E-state index in [4.69, 9.17) is 4.42 Å². The summed E-state index contributed by atoms with van der Waals surface area (Å²) in [6, 6.07) is 0. The molecule has 0 bridgehead atoms. The molecule has 0 saturated carbocycles. The van der Waals surface area contributed by atoms with E-state index in [1.54, 1.807) is 0 Å². The zero-order valence-electron chi connectivity index (χ0n) is 9.50. The first-order valence-corrected chi connectivity index (χ1v) is 5.65. The Morgan fingerprint density at radius 3 is 2.76 bits per heavy atom. The fraction of sp³-hybridized carbons (Fsp3) is 0.444. The Balaban J connectivity index is 2.37. The molecule has 0 saturated heterocycles. The number of rotatable bonds is 3. The van der Waals surface area contributed by atoms with Gasteiger partial charge in [-0.3, -0.25) is 0 Å². The molecule has 0 aromatic carbocycles. The van der Waals surface area contributed by atoms with Gasteiger partial charge in [0.2, 0.25) is 0 Å². The van der Waals surface area contributed by atoms with Gasteiger partial charge in [-0.15, -0.1) is 15.3 Å². The molecule has 0 unspecified atom stereocenters. The Kier molecular flexibility index (Phi) is 3.14. The highest BCUT2D eigenvalue weighted by molar-refractivity contribution is 7.09. The van der Waals surface area contributed by atoms with Gasteiger partial charge in [0, 0.05) is 0 Å². The molecule has 0 aliphatic carbocycles. The second kappa shape index (κ2) is 4.58. The van der Waals surface area contributed by atoms with Crippen molar-refractivity contribution in [3.8, 4) is 10.8 Å². The van der Waals surface area contributed by atoms with Crippen LogP contribution >= 0.6 is 11.5 Å². The number of esters is 1. The molecule has 0 aliphatic rings. The lowest BCUT2D eigenvalue weighted by molar-refractivity contribution is 0.0556. The van der Waals surface area contributed by atoms with E-state index in [0.717, 1.165) is 17.2 Å². The summed E-state index contributed by atoms with van der Waals surface area (Å²) in [6.45, 7) is 3.97. The third-order valence-electron chi connectivity index (χ3n) is 2.04. The van der Waals surface area contributed by atoms with Gasteiger partial charge in [-0.05, 0) is 17.5 Å². The van der Waals surface area contributed by atoms with Crippen LogP contribution in [0.3, 0.4) is 0 Å². The number of methoxy groups -OCH3 is 1. The predicted molar refractivity (Wildman–Crippen MR) is 58.6 cm³/mol. The molecule has 90 valence electrons. The summed E-state index contributed by atoms with van der Waals surface area (Å²) in [4.78, 5) is 11.9. The number of carbonyl (C=O) groups excluding carboxylic acids is 1. The zero-order chi connectivity index (χ0) is 12.4. The zero-order valence-corrected chi connectivity index (χ0v) is 10.3. The van der Waals surface area contributed by atoms with Crippen molar-refractivity contribution in [2.24, 2.45) is 0 Å². The second-order valence-electron chi connectivity index (χ2n) is 3.55. The van der Waals surface area contributed by atoms with Crippen LogP contribution in [0, 0.1) is 0 Å². The Bertz CT molecular complexity index is 534. The fourth-order valence-corrected chi connectivity index (χ4v) is 1.95. The summed E-state index contributed by atoms with van der Waals surface area (Å²) in [7, 11) is 1.25. The first-order valence-electron chi connectivity index (χ1n) is 4.88. The predicted octanol–water partition coefficient (Wildman–Crippen LogP) is 1.50. The molecule has 7 nitrogen and oxygen atoms in total. The molecule has 8 heteroatoms. The van der Waals surface area contributed by atoms with E-state index >= 15 is 0 Å². The second-order valence-corrected chi connectivity index (χ2v) is 4.30. The summed E-state index contributed by atoms with van der Waals surface area (Å²) in [5.41, 5.74) is 0.773. The average molecular weight is 254 g/mol.